The first-order chi connectivity index (χ1) is 22.3. The maximum Gasteiger partial charge on any atom is 0.319 e. The summed E-state index contributed by atoms with van der Waals surface area (Å²) in [5.41, 5.74) is -0.347. The van der Waals surface area contributed by atoms with Gasteiger partial charge in [-0.2, -0.15) is 9.97 Å². The number of phenolic OH excluding ortho intramolecular Hbond substituents is 1. The topological polar surface area (TPSA) is 93.1 Å². The average Bonchev–Trinajstić information content (AvgIpc) is 3.66. The van der Waals surface area contributed by atoms with Crippen molar-refractivity contribution in [2.45, 2.75) is 62.0 Å². The molecule has 2 aromatic heterocycles. The maximum atomic E-state index is 17.0. The molecule has 1 N–H and O–H groups in total. The van der Waals surface area contributed by atoms with E-state index in [0.717, 1.165) is 25.8 Å². The first-order valence-electron chi connectivity index (χ1n) is 15.9. The molecule has 5 atom stereocenters. The molecule has 0 radical (unpaired) electrons. The maximum absolute atomic E-state index is 17.0. The molecule has 1 aliphatic carbocycles. The van der Waals surface area contributed by atoms with E-state index in [9.17, 15) is 9.50 Å². The van der Waals surface area contributed by atoms with Crippen molar-refractivity contribution in [3.8, 4) is 28.9 Å². The Morgan fingerprint density at radius 2 is 2.07 bits per heavy atom. The van der Waals surface area contributed by atoms with Crippen LogP contribution in [0.3, 0.4) is 0 Å². The number of alkyl halides is 1. The lowest BCUT2D eigenvalue weighted by atomic mass is 9.95. The molecule has 3 saturated heterocycles. The van der Waals surface area contributed by atoms with E-state index in [-0.39, 0.29) is 71.4 Å². The standard InChI is InChI=1S/C34H32F3N5O4/c1-2-21-23(36)5-4-17-10-20(43)11-22(26(17)21)29-28(37)30-27-31(42-19(15-45-32(27)38-29)6-9-44-25-12-24(25)42)40-33(39-30)46-16-34-7-3-8-41(34)14-18(35)13-34/h2,4-5,10-11,18-19,24-25,43H,1,3,6-9,12-16H2/t18-,19+,24+,25-,34+/m1/s1. The molecule has 4 fully saturated rings. The number of ether oxygens (including phenoxy) is 3. The van der Waals surface area contributed by atoms with E-state index in [4.69, 9.17) is 19.2 Å². The number of halogens is 3. The van der Waals surface area contributed by atoms with Gasteiger partial charge in [0.1, 0.15) is 53.4 Å². The van der Waals surface area contributed by atoms with Gasteiger partial charge in [0.15, 0.2) is 5.82 Å². The molecule has 6 heterocycles. The highest BCUT2D eigenvalue weighted by atomic mass is 19.1. The number of phenols is 1. The summed E-state index contributed by atoms with van der Waals surface area (Å²) in [4.78, 5) is 18.4. The fraction of sp³-hybridized carbons (Fsp3) is 0.441. The van der Waals surface area contributed by atoms with E-state index in [1.165, 1.54) is 30.3 Å². The number of aromatic hydroxyl groups is 1. The van der Waals surface area contributed by atoms with Gasteiger partial charge in [0.2, 0.25) is 5.88 Å². The van der Waals surface area contributed by atoms with Gasteiger partial charge in [-0.05, 0) is 55.8 Å². The summed E-state index contributed by atoms with van der Waals surface area (Å²) in [5.74, 6) is -0.862. The SMILES string of the molecule is C=Cc1c(F)ccc2cc(O)cc(-c3nc4c5c(nc(OC[C@@]67CCCN6C[C@H](F)C7)nc5c3F)N3[C@@H](CCO[C@@H]5C[C@@H]53)CO4)c12. The molecular weight excluding hydrogens is 599 g/mol. The largest absolute Gasteiger partial charge is 0.508 e. The lowest BCUT2D eigenvalue weighted by Crippen LogP contribution is -2.43. The van der Waals surface area contributed by atoms with Gasteiger partial charge in [-0.15, -0.1) is 0 Å². The normalized spacial score (nSPS) is 28.3. The first-order valence-corrected chi connectivity index (χ1v) is 15.9. The molecule has 0 unspecified atom stereocenters. The number of pyridine rings is 1. The van der Waals surface area contributed by atoms with E-state index in [1.807, 2.05) is 0 Å². The summed E-state index contributed by atoms with van der Waals surface area (Å²) in [6, 6.07) is 5.54. The van der Waals surface area contributed by atoms with Crippen molar-refractivity contribution in [3.63, 3.8) is 0 Å². The zero-order valence-corrected chi connectivity index (χ0v) is 25.0. The smallest absolute Gasteiger partial charge is 0.319 e. The quantitative estimate of drug-likeness (QED) is 0.304. The molecule has 0 bridgehead atoms. The number of anilines is 1. The van der Waals surface area contributed by atoms with Crippen LogP contribution in [0.2, 0.25) is 0 Å². The molecule has 1 saturated carbocycles. The first kappa shape index (κ1) is 28.1. The van der Waals surface area contributed by atoms with Gasteiger partial charge in [-0.25, -0.2) is 18.2 Å². The van der Waals surface area contributed by atoms with Gasteiger partial charge in [0.05, 0.1) is 23.7 Å². The van der Waals surface area contributed by atoms with Crippen molar-refractivity contribution in [2.24, 2.45) is 0 Å². The summed E-state index contributed by atoms with van der Waals surface area (Å²) < 4.78 is 65.2. The number of fused-ring (bicyclic) bond motifs is 6. The highest BCUT2D eigenvalue weighted by Crippen LogP contribution is 2.48. The lowest BCUT2D eigenvalue weighted by Gasteiger charge is -2.31. The summed E-state index contributed by atoms with van der Waals surface area (Å²) in [5, 5.41) is 11.8. The third kappa shape index (κ3) is 4.18. The third-order valence-corrected chi connectivity index (χ3v) is 10.4. The van der Waals surface area contributed by atoms with Gasteiger partial charge >= 0.3 is 6.01 Å². The van der Waals surface area contributed by atoms with Crippen molar-refractivity contribution >= 4 is 33.6 Å². The van der Waals surface area contributed by atoms with Crippen LogP contribution in [-0.4, -0.2) is 87.8 Å². The van der Waals surface area contributed by atoms with Crippen LogP contribution in [0.1, 0.15) is 37.7 Å². The minimum atomic E-state index is -0.927. The number of hydrogen-bond donors (Lipinski definition) is 1. The molecule has 9 nitrogen and oxygen atoms in total. The predicted octanol–water partition coefficient (Wildman–Crippen LogP) is 5.56. The van der Waals surface area contributed by atoms with Crippen LogP contribution in [0, 0.1) is 11.6 Å². The second-order valence-corrected chi connectivity index (χ2v) is 13.1. The molecule has 4 aromatic rings. The number of hydrogen-bond acceptors (Lipinski definition) is 9. The van der Waals surface area contributed by atoms with Crippen LogP contribution in [0.5, 0.6) is 17.6 Å². The van der Waals surface area contributed by atoms with Gasteiger partial charge in [-0.3, -0.25) is 4.90 Å². The molecule has 0 amide bonds. The Labute approximate surface area is 262 Å². The van der Waals surface area contributed by atoms with Crippen molar-refractivity contribution in [3.05, 3.63) is 48.0 Å². The van der Waals surface area contributed by atoms with Crippen LogP contribution in [0.4, 0.5) is 19.0 Å². The Morgan fingerprint density at radius 3 is 2.93 bits per heavy atom. The van der Waals surface area contributed by atoms with Gasteiger partial charge in [-0.1, -0.05) is 18.7 Å². The fourth-order valence-corrected chi connectivity index (χ4v) is 8.19. The summed E-state index contributed by atoms with van der Waals surface area (Å²) in [6.45, 7) is 5.95. The third-order valence-electron chi connectivity index (χ3n) is 10.4. The molecular formula is C34H32F3N5O4. The number of aromatic nitrogens is 3. The minimum absolute atomic E-state index is 0.0189. The highest BCUT2D eigenvalue weighted by molar-refractivity contribution is 6.05. The van der Waals surface area contributed by atoms with E-state index in [2.05, 4.69) is 26.3 Å². The lowest BCUT2D eigenvalue weighted by molar-refractivity contribution is 0.107. The number of rotatable bonds is 5. The Bertz CT molecular complexity index is 1940. The number of nitrogens with zero attached hydrogens (tertiary/aromatic N) is 5. The zero-order chi connectivity index (χ0) is 31.3. The van der Waals surface area contributed by atoms with E-state index in [1.54, 1.807) is 0 Å². The molecule has 9 rings (SSSR count). The molecule has 238 valence electrons. The second-order valence-electron chi connectivity index (χ2n) is 13.1. The molecule has 5 aliphatic rings. The van der Waals surface area contributed by atoms with Crippen LogP contribution in [0.25, 0.3) is 39.0 Å². The Kier molecular flexibility index (Phi) is 6.21. The van der Waals surface area contributed by atoms with Crippen LogP contribution < -0.4 is 14.4 Å². The summed E-state index contributed by atoms with van der Waals surface area (Å²) in [7, 11) is 0. The van der Waals surface area contributed by atoms with Crippen molar-refractivity contribution in [1.29, 1.82) is 0 Å². The number of benzene rings is 2. The molecule has 0 spiro atoms. The van der Waals surface area contributed by atoms with Crippen LogP contribution >= 0.6 is 0 Å². The van der Waals surface area contributed by atoms with E-state index >= 15 is 8.78 Å². The predicted molar refractivity (Wildman–Crippen MR) is 165 cm³/mol. The average molecular weight is 632 g/mol. The van der Waals surface area contributed by atoms with Crippen molar-refractivity contribution in [1.82, 2.24) is 19.9 Å². The van der Waals surface area contributed by atoms with Crippen LogP contribution in [-0.2, 0) is 4.74 Å². The Hall–Kier alpha value is -4.16. The fourth-order valence-electron chi connectivity index (χ4n) is 8.19. The highest BCUT2D eigenvalue weighted by Gasteiger charge is 2.51. The zero-order valence-electron chi connectivity index (χ0n) is 25.0. The Balaban J connectivity index is 1.25. The molecule has 46 heavy (non-hydrogen) atoms. The van der Waals surface area contributed by atoms with Crippen molar-refractivity contribution in [2.75, 3.05) is 37.8 Å². The Morgan fingerprint density at radius 1 is 1.17 bits per heavy atom. The molecule has 2 aromatic carbocycles. The summed E-state index contributed by atoms with van der Waals surface area (Å²) in [6.07, 6.45) is 4.08. The molecule has 12 heteroatoms. The summed E-state index contributed by atoms with van der Waals surface area (Å²) >= 11 is 0. The second kappa shape index (κ2) is 10.2. The van der Waals surface area contributed by atoms with E-state index in [0.29, 0.717) is 48.0 Å². The molecule has 4 aliphatic heterocycles. The monoisotopic (exact) mass is 631 g/mol. The van der Waals surface area contributed by atoms with Gasteiger partial charge in [0.25, 0.3) is 0 Å². The van der Waals surface area contributed by atoms with E-state index < -0.39 is 23.3 Å². The minimum Gasteiger partial charge on any atom is -0.508 e. The van der Waals surface area contributed by atoms with Gasteiger partial charge < -0.3 is 24.2 Å². The van der Waals surface area contributed by atoms with Crippen molar-refractivity contribution < 1.29 is 32.5 Å². The van der Waals surface area contributed by atoms with Gasteiger partial charge in [0, 0.05) is 36.1 Å². The van der Waals surface area contributed by atoms with Crippen LogP contribution in [0.15, 0.2) is 30.8 Å².